The Morgan fingerprint density at radius 3 is 2.75 bits per heavy atom. The molecule has 0 aromatic heterocycles. The second-order valence-corrected chi connectivity index (χ2v) is 6.66. The Hall–Kier alpha value is -0.380. The van der Waals surface area contributed by atoms with Crippen LogP contribution >= 0.6 is 15.9 Å². The van der Waals surface area contributed by atoms with E-state index in [2.05, 4.69) is 53.3 Å². The van der Waals surface area contributed by atoms with Crippen LogP contribution in [0.5, 0.6) is 0 Å². The van der Waals surface area contributed by atoms with E-state index in [4.69, 9.17) is 4.74 Å². The smallest absolute Gasteiger partial charge is 0.0468 e. The van der Waals surface area contributed by atoms with Crippen molar-refractivity contribution < 1.29 is 4.74 Å². The first-order valence-electron chi connectivity index (χ1n) is 7.78. The molecule has 1 aliphatic heterocycles. The highest BCUT2D eigenvalue weighted by atomic mass is 79.9. The molecule has 0 bridgehead atoms. The first-order chi connectivity index (χ1) is 9.70. The van der Waals surface area contributed by atoms with E-state index in [1.807, 2.05) is 0 Å². The average Bonchev–Trinajstić information content (AvgIpc) is 2.47. The van der Waals surface area contributed by atoms with Gasteiger partial charge in [-0.1, -0.05) is 35.0 Å². The monoisotopic (exact) mass is 339 g/mol. The molecule has 1 aliphatic rings. The predicted molar refractivity (Wildman–Crippen MR) is 88.1 cm³/mol. The maximum Gasteiger partial charge on any atom is 0.0468 e. The van der Waals surface area contributed by atoms with Crippen molar-refractivity contribution in [1.29, 1.82) is 0 Å². The standard InChI is InChI=1S/C17H26BrNO/c1-3-8-19-17(11-14-6-9-20-10-7-14)15-5-4-13(2)16(18)12-15/h4-5,12,14,17,19H,3,6-11H2,1-2H3. The molecular weight excluding hydrogens is 314 g/mol. The van der Waals surface area contributed by atoms with E-state index >= 15 is 0 Å². The molecule has 1 atom stereocenters. The minimum atomic E-state index is 0.468. The van der Waals surface area contributed by atoms with Gasteiger partial charge in [-0.3, -0.25) is 0 Å². The van der Waals surface area contributed by atoms with Crippen molar-refractivity contribution in [1.82, 2.24) is 5.32 Å². The third-order valence-electron chi connectivity index (χ3n) is 4.15. The lowest BCUT2D eigenvalue weighted by Crippen LogP contribution is -2.27. The van der Waals surface area contributed by atoms with Gasteiger partial charge in [0.25, 0.3) is 0 Å². The number of aryl methyl sites for hydroxylation is 1. The molecule has 112 valence electrons. The van der Waals surface area contributed by atoms with Gasteiger partial charge in [0.1, 0.15) is 0 Å². The van der Waals surface area contributed by atoms with Crippen LogP contribution in [-0.2, 0) is 4.74 Å². The summed E-state index contributed by atoms with van der Waals surface area (Å²) in [7, 11) is 0. The Morgan fingerprint density at radius 2 is 2.10 bits per heavy atom. The Bertz CT molecular complexity index is 415. The molecule has 2 rings (SSSR count). The van der Waals surface area contributed by atoms with Gasteiger partial charge in [0.05, 0.1) is 0 Å². The molecule has 1 aromatic rings. The van der Waals surface area contributed by atoms with Crippen LogP contribution in [0.1, 0.15) is 49.8 Å². The van der Waals surface area contributed by atoms with Crippen LogP contribution in [-0.4, -0.2) is 19.8 Å². The first kappa shape index (κ1) is 16.0. The summed E-state index contributed by atoms with van der Waals surface area (Å²) in [4.78, 5) is 0. The highest BCUT2D eigenvalue weighted by molar-refractivity contribution is 9.10. The average molecular weight is 340 g/mol. The van der Waals surface area contributed by atoms with Crippen molar-refractivity contribution >= 4 is 15.9 Å². The van der Waals surface area contributed by atoms with E-state index in [1.54, 1.807) is 0 Å². The summed E-state index contributed by atoms with van der Waals surface area (Å²) >= 11 is 3.66. The van der Waals surface area contributed by atoms with E-state index in [-0.39, 0.29) is 0 Å². The molecule has 0 aliphatic carbocycles. The Morgan fingerprint density at radius 1 is 1.35 bits per heavy atom. The van der Waals surface area contributed by atoms with Crippen molar-refractivity contribution in [2.45, 2.75) is 45.6 Å². The maximum absolute atomic E-state index is 5.48. The van der Waals surface area contributed by atoms with Gasteiger partial charge in [-0.05, 0) is 62.3 Å². The van der Waals surface area contributed by atoms with Gasteiger partial charge in [-0.25, -0.2) is 0 Å². The number of halogens is 1. The fourth-order valence-corrected chi connectivity index (χ4v) is 3.19. The normalized spacial score (nSPS) is 18.1. The SMILES string of the molecule is CCCNC(CC1CCOCC1)c1ccc(C)c(Br)c1. The van der Waals surface area contributed by atoms with Crippen molar-refractivity contribution in [3.05, 3.63) is 33.8 Å². The fraction of sp³-hybridized carbons (Fsp3) is 0.647. The van der Waals surface area contributed by atoms with Gasteiger partial charge in [0.15, 0.2) is 0 Å². The van der Waals surface area contributed by atoms with Crippen LogP contribution in [0.25, 0.3) is 0 Å². The molecule has 1 heterocycles. The largest absolute Gasteiger partial charge is 0.381 e. The summed E-state index contributed by atoms with van der Waals surface area (Å²) in [6, 6.07) is 7.23. The van der Waals surface area contributed by atoms with E-state index in [1.165, 1.54) is 41.3 Å². The molecule has 1 aromatic carbocycles. The molecule has 1 N–H and O–H groups in total. The third kappa shape index (κ3) is 4.57. The van der Waals surface area contributed by atoms with Crippen LogP contribution in [0.3, 0.4) is 0 Å². The van der Waals surface area contributed by atoms with Crippen molar-refractivity contribution in [3.8, 4) is 0 Å². The van der Waals surface area contributed by atoms with Crippen molar-refractivity contribution in [2.24, 2.45) is 5.92 Å². The second kappa shape index (κ2) is 8.16. The molecular formula is C17H26BrNO. The number of benzene rings is 1. The number of nitrogens with one attached hydrogen (secondary N) is 1. The molecule has 1 saturated heterocycles. The van der Waals surface area contributed by atoms with Gasteiger partial charge in [0.2, 0.25) is 0 Å². The number of hydrogen-bond acceptors (Lipinski definition) is 2. The zero-order chi connectivity index (χ0) is 14.4. The molecule has 0 radical (unpaired) electrons. The lowest BCUT2D eigenvalue weighted by molar-refractivity contribution is 0.0605. The van der Waals surface area contributed by atoms with Crippen molar-refractivity contribution in [3.63, 3.8) is 0 Å². The predicted octanol–water partition coefficient (Wildman–Crippen LogP) is 4.61. The molecule has 20 heavy (non-hydrogen) atoms. The first-order valence-corrected chi connectivity index (χ1v) is 8.57. The zero-order valence-corrected chi connectivity index (χ0v) is 14.2. The van der Waals surface area contributed by atoms with Crippen LogP contribution in [0.15, 0.2) is 22.7 Å². The Kier molecular flexibility index (Phi) is 6.53. The van der Waals surface area contributed by atoms with E-state index < -0.39 is 0 Å². The summed E-state index contributed by atoms with van der Waals surface area (Å²) in [5, 5.41) is 3.72. The Balaban J connectivity index is 2.06. The molecule has 3 heteroatoms. The Labute approximate surface area is 131 Å². The lowest BCUT2D eigenvalue weighted by atomic mass is 9.89. The van der Waals surface area contributed by atoms with E-state index in [9.17, 15) is 0 Å². The van der Waals surface area contributed by atoms with E-state index in [0.717, 1.165) is 25.7 Å². The second-order valence-electron chi connectivity index (χ2n) is 5.81. The van der Waals surface area contributed by atoms with Gasteiger partial charge >= 0.3 is 0 Å². The zero-order valence-electron chi connectivity index (χ0n) is 12.6. The van der Waals surface area contributed by atoms with Crippen molar-refractivity contribution in [2.75, 3.05) is 19.8 Å². The van der Waals surface area contributed by atoms with Crippen LogP contribution in [0, 0.1) is 12.8 Å². The van der Waals surface area contributed by atoms with Gasteiger partial charge < -0.3 is 10.1 Å². The number of ether oxygens (including phenoxy) is 1. The summed E-state index contributed by atoms with van der Waals surface area (Å²) in [6.45, 7) is 7.31. The van der Waals surface area contributed by atoms with Crippen LogP contribution in [0.2, 0.25) is 0 Å². The minimum absolute atomic E-state index is 0.468. The van der Waals surface area contributed by atoms with E-state index in [0.29, 0.717) is 6.04 Å². The molecule has 0 saturated carbocycles. The quantitative estimate of drug-likeness (QED) is 0.816. The van der Waals surface area contributed by atoms with Gasteiger partial charge in [-0.15, -0.1) is 0 Å². The summed E-state index contributed by atoms with van der Waals surface area (Å²) < 4.78 is 6.69. The summed E-state index contributed by atoms with van der Waals surface area (Å²) in [5.74, 6) is 0.790. The number of rotatable bonds is 6. The number of hydrogen-bond donors (Lipinski definition) is 1. The summed E-state index contributed by atoms with van der Waals surface area (Å²) in [6.07, 6.45) is 4.81. The highest BCUT2D eigenvalue weighted by Gasteiger charge is 2.20. The minimum Gasteiger partial charge on any atom is -0.381 e. The van der Waals surface area contributed by atoms with Gasteiger partial charge in [-0.2, -0.15) is 0 Å². The fourth-order valence-electron chi connectivity index (χ4n) is 2.80. The molecule has 2 nitrogen and oxygen atoms in total. The van der Waals surface area contributed by atoms with Crippen LogP contribution < -0.4 is 5.32 Å². The highest BCUT2D eigenvalue weighted by Crippen LogP contribution is 2.29. The molecule has 0 amide bonds. The lowest BCUT2D eigenvalue weighted by Gasteiger charge is -2.28. The maximum atomic E-state index is 5.48. The van der Waals surface area contributed by atoms with Gasteiger partial charge in [0, 0.05) is 23.7 Å². The molecule has 1 unspecified atom stereocenters. The third-order valence-corrected chi connectivity index (χ3v) is 5.00. The molecule has 1 fully saturated rings. The molecule has 0 spiro atoms. The summed E-state index contributed by atoms with van der Waals surface area (Å²) in [5.41, 5.74) is 2.71. The van der Waals surface area contributed by atoms with Crippen LogP contribution in [0.4, 0.5) is 0 Å². The topological polar surface area (TPSA) is 21.3 Å².